The van der Waals surface area contributed by atoms with Gasteiger partial charge in [-0.2, -0.15) is 0 Å². The summed E-state index contributed by atoms with van der Waals surface area (Å²) in [7, 11) is 2.02. The zero-order chi connectivity index (χ0) is 14.8. The Morgan fingerprint density at radius 2 is 1.80 bits per heavy atom. The van der Waals surface area contributed by atoms with Crippen molar-refractivity contribution in [3.8, 4) is 5.75 Å². The van der Waals surface area contributed by atoms with Gasteiger partial charge in [-0.3, -0.25) is 0 Å². The minimum Gasteiger partial charge on any atom is -0.496 e. The van der Waals surface area contributed by atoms with Crippen molar-refractivity contribution in [3.05, 3.63) is 59.4 Å². The van der Waals surface area contributed by atoms with Crippen LogP contribution in [-0.2, 0) is 5.16 Å². The molecule has 0 aliphatic rings. The second-order valence-electron chi connectivity index (χ2n) is 5.43. The molecule has 0 heterocycles. The molecule has 0 N–H and O–H groups in total. The number of ether oxygens (including phenoxy) is 1. The van der Waals surface area contributed by atoms with E-state index in [1.807, 2.05) is 37.3 Å². The monoisotopic (exact) mass is 290 g/mol. The molecule has 2 aromatic carbocycles. The lowest BCUT2D eigenvalue weighted by Crippen LogP contribution is -2.17. The third kappa shape index (κ3) is 3.19. The molecule has 3 heteroatoms. The van der Waals surface area contributed by atoms with Crippen molar-refractivity contribution in [2.24, 2.45) is 0 Å². The first-order chi connectivity index (χ1) is 9.44. The van der Waals surface area contributed by atoms with Crippen LogP contribution in [0.2, 0.25) is 0 Å². The molecule has 0 aromatic heterocycles. The predicted octanol–water partition coefficient (Wildman–Crippen LogP) is 4.38. The van der Waals surface area contributed by atoms with Crippen LogP contribution in [0, 0.1) is 12.7 Å². The molecule has 106 valence electrons. The van der Waals surface area contributed by atoms with Gasteiger partial charge in [0.05, 0.1) is 7.11 Å². The van der Waals surface area contributed by atoms with Crippen molar-refractivity contribution in [3.63, 3.8) is 0 Å². The molecule has 1 unspecified atom stereocenters. The third-order valence-corrected chi connectivity index (χ3v) is 4.92. The Labute approximate surface area is 122 Å². The van der Waals surface area contributed by atoms with Crippen LogP contribution >= 0.6 is 8.58 Å². The molecular formula is C17H20FOP. The Hall–Kier alpha value is -1.40. The molecule has 0 saturated carbocycles. The Kier molecular flexibility index (Phi) is 4.45. The van der Waals surface area contributed by atoms with Crippen LogP contribution in [0.1, 0.15) is 25.0 Å². The summed E-state index contributed by atoms with van der Waals surface area (Å²) in [4.78, 5) is 0. The number of para-hydroxylation sites is 1. The van der Waals surface area contributed by atoms with Crippen LogP contribution in [0.15, 0.2) is 42.5 Å². The van der Waals surface area contributed by atoms with Gasteiger partial charge in [0.25, 0.3) is 0 Å². The lowest BCUT2D eigenvalue weighted by atomic mass is 10.0. The molecule has 0 fully saturated rings. The van der Waals surface area contributed by atoms with Gasteiger partial charge < -0.3 is 4.74 Å². The normalized spacial score (nSPS) is 12.1. The van der Waals surface area contributed by atoms with Gasteiger partial charge in [0.15, 0.2) is 0 Å². The highest BCUT2D eigenvalue weighted by Crippen LogP contribution is 2.44. The Morgan fingerprint density at radius 3 is 2.45 bits per heavy atom. The molecule has 0 aliphatic heterocycles. The summed E-state index contributed by atoms with van der Waals surface area (Å²) < 4.78 is 19.5. The summed E-state index contributed by atoms with van der Waals surface area (Å²) in [6.45, 7) is 6.16. The number of hydrogen-bond acceptors (Lipinski definition) is 1. The van der Waals surface area contributed by atoms with Gasteiger partial charge in [-0.15, -0.1) is 0 Å². The second kappa shape index (κ2) is 5.93. The van der Waals surface area contributed by atoms with Crippen LogP contribution in [0.25, 0.3) is 0 Å². The van der Waals surface area contributed by atoms with Gasteiger partial charge in [0.2, 0.25) is 0 Å². The second-order valence-corrected chi connectivity index (χ2v) is 7.47. The molecule has 0 spiro atoms. The van der Waals surface area contributed by atoms with E-state index in [0.717, 1.165) is 22.2 Å². The molecule has 1 atom stereocenters. The Balaban J connectivity index is 2.35. The minimum absolute atomic E-state index is 0.119. The van der Waals surface area contributed by atoms with Crippen molar-refractivity contribution in [1.29, 1.82) is 0 Å². The Morgan fingerprint density at radius 1 is 1.10 bits per heavy atom. The summed E-state index contributed by atoms with van der Waals surface area (Å²) in [5.74, 6) is 0.740. The number of halogens is 1. The fraction of sp³-hybridized carbons (Fsp3) is 0.294. The smallest absolute Gasteiger partial charge is 0.130 e. The summed E-state index contributed by atoms with van der Waals surface area (Å²) >= 11 is 0. The summed E-state index contributed by atoms with van der Waals surface area (Å²) in [6, 6.07) is 13.4. The van der Waals surface area contributed by atoms with Gasteiger partial charge in [-0.05, 0) is 24.6 Å². The molecule has 0 amide bonds. The van der Waals surface area contributed by atoms with Crippen LogP contribution in [0.5, 0.6) is 5.75 Å². The van der Waals surface area contributed by atoms with Crippen molar-refractivity contribution in [1.82, 2.24) is 0 Å². The van der Waals surface area contributed by atoms with Crippen molar-refractivity contribution in [2.75, 3.05) is 7.11 Å². The van der Waals surface area contributed by atoms with E-state index in [9.17, 15) is 4.39 Å². The molecule has 20 heavy (non-hydrogen) atoms. The zero-order valence-corrected chi connectivity index (χ0v) is 13.3. The van der Waals surface area contributed by atoms with Crippen LogP contribution in [0.3, 0.4) is 0 Å². The first-order valence-corrected chi connectivity index (χ1v) is 7.62. The van der Waals surface area contributed by atoms with E-state index in [2.05, 4.69) is 19.9 Å². The maximum atomic E-state index is 14.1. The number of aryl methyl sites for hydroxylation is 1. The first-order valence-electron chi connectivity index (χ1n) is 6.62. The fourth-order valence-electron chi connectivity index (χ4n) is 2.29. The van der Waals surface area contributed by atoms with E-state index in [0.29, 0.717) is 8.58 Å². The molecule has 0 bridgehead atoms. The molecular weight excluding hydrogens is 270 g/mol. The molecule has 0 aliphatic carbocycles. The number of methoxy groups -OCH3 is 1. The largest absolute Gasteiger partial charge is 0.496 e. The third-order valence-electron chi connectivity index (χ3n) is 3.35. The summed E-state index contributed by atoms with van der Waals surface area (Å²) in [5, 5.41) is 0.606. The number of hydrogen-bond donors (Lipinski definition) is 0. The van der Waals surface area contributed by atoms with E-state index < -0.39 is 0 Å². The highest BCUT2D eigenvalue weighted by Gasteiger charge is 2.25. The highest BCUT2D eigenvalue weighted by atomic mass is 31.1. The van der Waals surface area contributed by atoms with Gasteiger partial charge in [0, 0.05) is 16.0 Å². The van der Waals surface area contributed by atoms with E-state index >= 15 is 0 Å². The summed E-state index contributed by atoms with van der Waals surface area (Å²) in [6.07, 6.45) is 0. The van der Waals surface area contributed by atoms with Gasteiger partial charge in [-0.25, -0.2) is 4.39 Å². The van der Waals surface area contributed by atoms with E-state index in [-0.39, 0.29) is 11.0 Å². The van der Waals surface area contributed by atoms with Gasteiger partial charge in [-0.1, -0.05) is 52.8 Å². The standard InChI is InChI=1S/C17H20FOP/c1-12-9-10-16(14(18)11-12)20-17(2,3)13-7-5-6-8-15(13)19-4/h5-11,20H,1-4H3. The highest BCUT2D eigenvalue weighted by molar-refractivity contribution is 7.48. The maximum absolute atomic E-state index is 14.1. The average Bonchev–Trinajstić information content (AvgIpc) is 2.42. The maximum Gasteiger partial charge on any atom is 0.130 e. The zero-order valence-electron chi connectivity index (χ0n) is 12.3. The SMILES string of the molecule is COc1ccccc1C(C)(C)Pc1ccc(C)cc1F. The van der Waals surface area contributed by atoms with Crippen molar-refractivity contribution < 1.29 is 9.13 Å². The van der Waals surface area contributed by atoms with Gasteiger partial charge in [0.1, 0.15) is 11.6 Å². The lowest BCUT2D eigenvalue weighted by Gasteiger charge is -2.27. The average molecular weight is 290 g/mol. The molecule has 0 saturated heterocycles. The number of rotatable bonds is 4. The fourth-order valence-corrected chi connectivity index (χ4v) is 3.66. The van der Waals surface area contributed by atoms with Crippen LogP contribution in [-0.4, -0.2) is 7.11 Å². The van der Waals surface area contributed by atoms with Crippen LogP contribution < -0.4 is 10.0 Å². The summed E-state index contributed by atoms with van der Waals surface area (Å²) in [5.41, 5.74) is 2.06. The van der Waals surface area contributed by atoms with Crippen molar-refractivity contribution >= 4 is 13.9 Å². The first kappa shape index (κ1) is 15.0. The topological polar surface area (TPSA) is 9.23 Å². The van der Waals surface area contributed by atoms with Crippen molar-refractivity contribution in [2.45, 2.75) is 25.9 Å². The van der Waals surface area contributed by atoms with E-state index in [4.69, 9.17) is 4.74 Å². The predicted molar refractivity (Wildman–Crippen MR) is 85.1 cm³/mol. The molecule has 1 nitrogen and oxygen atoms in total. The lowest BCUT2D eigenvalue weighted by molar-refractivity contribution is 0.405. The van der Waals surface area contributed by atoms with Gasteiger partial charge >= 0.3 is 0 Å². The van der Waals surface area contributed by atoms with E-state index in [1.165, 1.54) is 0 Å². The molecule has 2 aromatic rings. The molecule has 0 radical (unpaired) electrons. The Bertz CT molecular complexity index is 608. The number of benzene rings is 2. The molecule has 2 rings (SSSR count). The quantitative estimate of drug-likeness (QED) is 0.759. The minimum atomic E-state index is -0.164. The van der Waals surface area contributed by atoms with E-state index in [1.54, 1.807) is 13.2 Å². The van der Waals surface area contributed by atoms with Crippen LogP contribution in [0.4, 0.5) is 4.39 Å².